The summed E-state index contributed by atoms with van der Waals surface area (Å²) in [5.74, 6) is 0.314. The van der Waals surface area contributed by atoms with Crippen LogP contribution >= 0.6 is 0 Å². The summed E-state index contributed by atoms with van der Waals surface area (Å²) in [5.41, 5.74) is 0.685. The quantitative estimate of drug-likeness (QED) is 0.836. The Labute approximate surface area is 144 Å². The van der Waals surface area contributed by atoms with E-state index in [2.05, 4.69) is 4.90 Å². The number of rotatable bonds is 4. The molecule has 0 radical (unpaired) electrons. The summed E-state index contributed by atoms with van der Waals surface area (Å²) < 4.78 is 18.3. The van der Waals surface area contributed by atoms with Crippen LogP contribution in [0.4, 0.5) is 9.18 Å². The largest absolute Gasteiger partial charge is 0.444 e. The highest BCUT2D eigenvalue weighted by molar-refractivity contribution is 5.67. The van der Waals surface area contributed by atoms with Gasteiger partial charge in [-0.3, -0.25) is 4.90 Å². The number of nitrogens with zero attached hydrogens (tertiary/aromatic N) is 2. The minimum atomic E-state index is -0.454. The second-order valence-electron chi connectivity index (χ2n) is 7.71. The third-order valence-corrected chi connectivity index (χ3v) is 4.26. The van der Waals surface area contributed by atoms with Crippen LogP contribution in [0.5, 0.6) is 0 Å². The number of likely N-dealkylation sites (tertiary alicyclic amines) is 1. The molecule has 1 aliphatic heterocycles. The van der Waals surface area contributed by atoms with E-state index in [9.17, 15) is 9.18 Å². The van der Waals surface area contributed by atoms with Crippen molar-refractivity contribution in [2.75, 3.05) is 26.7 Å². The van der Waals surface area contributed by atoms with Crippen LogP contribution in [0, 0.1) is 11.7 Å². The average Bonchev–Trinajstić information content (AvgIpc) is 2.50. The highest BCUT2D eigenvalue weighted by Crippen LogP contribution is 2.21. The Bertz CT molecular complexity index is 531. The van der Waals surface area contributed by atoms with Gasteiger partial charge in [-0.1, -0.05) is 12.1 Å². The first-order chi connectivity index (χ1) is 11.2. The fourth-order valence-electron chi connectivity index (χ4n) is 2.98. The van der Waals surface area contributed by atoms with Gasteiger partial charge in [-0.05, 0) is 70.3 Å². The lowest BCUT2D eigenvalue weighted by Crippen LogP contribution is -2.41. The van der Waals surface area contributed by atoms with E-state index < -0.39 is 5.60 Å². The number of ether oxygens (including phenoxy) is 1. The molecule has 1 aromatic rings. The SMILES string of the molecule is CN(CC1CCN(Cc2ccc(F)cc2)CC1)C(=O)OC(C)(C)C. The van der Waals surface area contributed by atoms with E-state index in [0.717, 1.165) is 44.6 Å². The Balaban J connectivity index is 1.74. The number of halogens is 1. The van der Waals surface area contributed by atoms with Crippen molar-refractivity contribution in [3.05, 3.63) is 35.6 Å². The molecule has 0 aliphatic carbocycles. The van der Waals surface area contributed by atoms with Crippen molar-refractivity contribution >= 4 is 6.09 Å². The van der Waals surface area contributed by atoms with Crippen LogP contribution < -0.4 is 0 Å². The zero-order valence-corrected chi connectivity index (χ0v) is 15.2. The van der Waals surface area contributed by atoms with E-state index in [4.69, 9.17) is 4.74 Å². The molecule has 0 saturated carbocycles. The molecule has 0 spiro atoms. The summed E-state index contributed by atoms with van der Waals surface area (Å²) in [5, 5.41) is 0. The van der Waals surface area contributed by atoms with Crippen molar-refractivity contribution in [2.45, 2.75) is 45.8 Å². The van der Waals surface area contributed by atoms with Crippen LogP contribution in [0.2, 0.25) is 0 Å². The standard InChI is InChI=1S/C19H29FN2O2/c1-19(2,3)24-18(23)21(4)13-16-9-11-22(12-10-16)14-15-5-7-17(20)8-6-15/h5-8,16H,9-14H2,1-4H3. The highest BCUT2D eigenvalue weighted by atomic mass is 19.1. The maximum Gasteiger partial charge on any atom is 0.410 e. The van der Waals surface area contributed by atoms with Gasteiger partial charge in [-0.15, -0.1) is 0 Å². The summed E-state index contributed by atoms with van der Waals surface area (Å²) in [7, 11) is 1.80. The fourth-order valence-corrected chi connectivity index (χ4v) is 2.98. The fraction of sp³-hybridized carbons (Fsp3) is 0.632. The Kier molecular flexibility index (Phi) is 6.21. The minimum Gasteiger partial charge on any atom is -0.444 e. The zero-order chi connectivity index (χ0) is 17.7. The van der Waals surface area contributed by atoms with Gasteiger partial charge in [0.05, 0.1) is 0 Å². The lowest BCUT2D eigenvalue weighted by Gasteiger charge is -2.34. The van der Waals surface area contributed by atoms with Gasteiger partial charge in [0.25, 0.3) is 0 Å². The molecule has 0 atom stereocenters. The van der Waals surface area contributed by atoms with Gasteiger partial charge >= 0.3 is 6.09 Å². The van der Waals surface area contributed by atoms with Crippen molar-refractivity contribution in [1.82, 2.24) is 9.80 Å². The smallest absolute Gasteiger partial charge is 0.410 e. The van der Waals surface area contributed by atoms with Crippen molar-refractivity contribution < 1.29 is 13.9 Å². The number of benzene rings is 1. The van der Waals surface area contributed by atoms with E-state index in [1.54, 1.807) is 11.9 Å². The van der Waals surface area contributed by atoms with Gasteiger partial charge in [-0.2, -0.15) is 0 Å². The van der Waals surface area contributed by atoms with Crippen LogP contribution in [0.1, 0.15) is 39.2 Å². The van der Waals surface area contributed by atoms with Gasteiger partial charge in [0.15, 0.2) is 0 Å². The van der Waals surface area contributed by atoms with Crippen LogP contribution in [-0.2, 0) is 11.3 Å². The Morgan fingerprint density at radius 3 is 2.38 bits per heavy atom. The van der Waals surface area contributed by atoms with E-state index >= 15 is 0 Å². The predicted octanol–water partition coefficient (Wildman–Crippen LogP) is 3.90. The van der Waals surface area contributed by atoms with Crippen LogP contribution in [0.3, 0.4) is 0 Å². The molecule has 2 rings (SSSR count). The van der Waals surface area contributed by atoms with Gasteiger partial charge in [0.2, 0.25) is 0 Å². The summed E-state index contributed by atoms with van der Waals surface area (Å²) in [4.78, 5) is 16.1. The second kappa shape index (κ2) is 7.97. The molecule has 1 aromatic carbocycles. The molecule has 0 N–H and O–H groups in total. The van der Waals surface area contributed by atoms with Crippen LogP contribution in [0.25, 0.3) is 0 Å². The normalized spacial score (nSPS) is 16.9. The summed E-state index contributed by atoms with van der Waals surface area (Å²) in [6, 6.07) is 6.71. The number of hydrogen-bond acceptors (Lipinski definition) is 3. The molecule has 1 amide bonds. The molecule has 0 unspecified atom stereocenters. The van der Waals surface area contributed by atoms with Gasteiger partial charge < -0.3 is 9.64 Å². The molecule has 0 aromatic heterocycles. The predicted molar refractivity (Wildman–Crippen MR) is 93.3 cm³/mol. The summed E-state index contributed by atoms with van der Waals surface area (Å²) in [6.45, 7) is 9.24. The summed E-state index contributed by atoms with van der Waals surface area (Å²) >= 11 is 0. The van der Waals surface area contributed by atoms with E-state index in [1.165, 1.54) is 12.1 Å². The molecule has 1 fully saturated rings. The van der Waals surface area contributed by atoms with Gasteiger partial charge in [-0.25, -0.2) is 9.18 Å². The third-order valence-electron chi connectivity index (χ3n) is 4.26. The topological polar surface area (TPSA) is 32.8 Å². The maximum atomic E-state index is 13.0. The number of hydrogen-bond donors (Lipinski definition) is 0. The molecule has 5 heteroatoms. The van der Waals surface area contributed by atoms with E-state index in [1.807, 2.05) is 32.9 Å². The Morgan fingerprint density at radius 2 is 1.83 bits per heavy atom. The average molecular weight is 336 g/mol. The molecule has 1 saturated heterocycles. The molecule has 24 heavy (non-hydrogen) atoms. The molecule has 4 nitrogen and oxygen atoms in total. The van der Waals surface area contributed by atoms with Crippen LogP contribution in [0.15, 0.2) is 24.3 Å². The zero-order valence-electron chi connectivity index (χ0n) is 15.2. The first-order valence-corrected chi connectivity index (χ1v) is 8.64. The van der Waals surface area contributed by atoms with E-state index in [-0.39, 0.29) is 11.9 Å². The number of amides is 1. The molecule has 134 valence electrons. The van der Waals surface area contributed by atoms with Crippen molar-refractivity contribution in [2.24, 2.45) is 5.92 Å². The monoisotopic (exact) mass is 336 g/mol. The molecule has 1 aliphatic rings. The lowest BCUT2D eigenvalue weighted by atomic mass is 9.96. The molecule has 0 bridgehead atoms. The maximum absolute atomic E-state index is 13.0. The third kappa shape index (κ3) is 6.11. The van der Waals surface area contributed by atoms with Crippen molar-refractivity contribution in [3.8, 4) is 0 Å². The Morgan fingerprint density at radius 1 is 1.25 bits per heavy atom. The number of carbonyl (C=O) groups excluding carboxylic acids is 1. The molecular weight excluding hydrogens is 307 g/mol. The first kappa shape index (κ1) is 18.7. The lowest BCUT2D eigenvalue weighted by molar-refractivity contribution is 0.0249. The number of piperidine rings is 1. The molecular formula is C19H29FN2O2. The summed E-state index contributed by atoms with van der Waals surface area (Å²) in [6.07, 6.45) is 1.87. The van der Waals surface area contributed by atoms with Gasteiger partial charge in [0.1, 0.15) is 11.4 Å². The minimum absolute atomic E-state index is 0.192. The van der Waals surface area contributed by atoms with Gasteiger partial charge in [0, 0.05) is 20.1 Å². The molecule has 1 heterocycles. The van der Waals surface area contributed by atoms with Crippen molar-refractivity contribution in [3.63, 3.8) is 0 Å². The van der Waals surface area contributed by atoms with Crippen LogP contribution in [-0.4, -0.2) is 48.2 Å². The van der Waals surface area contributed by atoms with E-state index in [0.29, 0.717) is 5.92 Å². The number of carbonyl (C=O) groups is 1. The Hall–Kier alpha value is -1.62. The van der Waals surface area contributed by atoms with Crippen molar-refractivity contribution in [1.29, 1.82) is 0 Å². The highest BCUT2D eigenvalue weighted by Gasteiger charge is 2.24. The second-order valence-corrected chi connectivity index (χ2v) is 7.71. The first-order valence-electron chi connectivity index (χ1n) is 8.64.